The molecule has 0 bridgehead atoms. The Labute approximate surface area is 206 Å². The van der Waals surface area contributed by atoms with Gasteiger partial charge in [0.05, 0.1) is 66.1 Å². The number of azide groups is 1. The molecule has 2 heterocycles. The molecule has 0 atom stereocenters. The maximum Gasteiger partial charge on any atom is 0.323 e. The van der Waals surface area contributed by atoms with Gasteiger partial charge in [-0.05, 0) is 24.3 Å². The summed E-state index contributed by atoms with van der Waals surface area (Å²) in [5.74, 6) is 1.43. The molecule has 0 aromatic carbocycles. The van der Waals surface area contributed by atoms with Crippen LogP contribution in [0.15, 0.2) is 5.11 Å². The van der Waals surface area contributed by atoms with E-state index in [-0.39, 0.29) is 12.0 Å². The van der Waals surface area contributed by atoms with Gasteiger partial charge in [0.2, 0.25) is 11.9 Å². The highest BCUT2D eigenvalue weighted by atomic mass is 16.6. The molecule has 2 N–H and O–H groups in total. The third-order valence-electron chi connectivity index (χ3n) is 5.03. The largest absolute Gasteiger partial charge is 0.461 e. The molecule has 0 amide bonds. The van der Waals surface area contributed by atoms with Crippen molar-refractivity contribution < 1.29 is 28.4 Å². The molecule has 14 nitrogen and oxygen atoms in total. The van der Waals surface area contributed by atoms with Crippen molar-refractivity contribution in [1.29, 1.82) is 0 Å². The Morgan fingerprint density at radius 2 is 1.34 bits per heavy atom. The second kappa shape index (κ2) is 18.8. The van der Waals surface area contributed by atoms with Crippen LogP contribution in [-0.4, -0.2) is 107 Å². The van der Waals surface area contributed by atoms with E-state index >= 15 is 0 Å². The van der Waals surface area contributed by atoms with Crippen LogP contribution in [0.5, 0.6) is 6.01 Å². The summed E-state index contributed by atoms with van der Waals surface area (Å²) in [4.78, 5) is 17.4. The highest BCUT2D eigenvalue weighted by Crippen LogP contribution is 2.21. The van der Waals surface area contributed by atoms with Gasteiger partial charge in [0.15, 0.2) is 0 Å². The molecule has 1 fully saturated rings. The number of piperidine rings is 1. The maximum atomic E-state index is 8.12. The standard InChI is InChI=1S/C21H38N8O6/c1-18-2-5-29(6-3-18)20-25-19(22)26-21(27-20)35-17-16-34-15-14-33-13-12-32-11-10-31-9-8-30-7-4-24-28-23/h18H,2-17H2,1H3,(H2,22,25,26,27). The number of rotatable bonds is 20. The van der Waals surface area contributed by atoms with Gasteiger partial charge in [-0.25, -0.2) is 0 Å². The topological polar surface area (TPSA) is 172 Å². The minimum absolute atomic E-state index is 0.152. The molecular formula is C21H38N8O6. The summed E-state index contributed by atoms with van der Waals surface area (Å²) in [6.07, 6.45) is 2.22. The first-order valence-electron chi connectivity index (χ1n) is 12.0. The van der Waals surface area contributed by atoms with E-state index in [0.717, 1.165) is 31.8 Å². The van der Waals surface area contributed by atoms with Crippen molar-refractivity contribution in [2.24, 2.45) is 11.0 Å². The molecule has 1 saturated heterocycles. The van der Waals surface area contributed by atoms with Gasteiger partial charge in [-0.3, -0.25) is 0 Å². The van der Waals surface area contributed by atoms with Crippen molar-refractivity contribution in [3.63, 3.8) is 0 Å². The number of nitrogens with zero attached hydrogens (tertiary/aromatic N) is 7. The lowest BCUT2D eigenvalue weighted by atomic mass is 10.00. The van der Waals surface area contributed by atoms with Gasteiger partial charge >= 0.3 is 6.01 Å². The minimum atomic E-state index is 0.152. The van der Waals surface area contributed by atoms with Gasteiger partial charge in [-0.15, -0.1) is 0 Å². The number of hydrogen-bond acceptors (Lipinski definition) is 12. The van der Waals surface area contributed by atoms with E-state index in [4.69, 9.17) is 39.7 Å². The number of ether oxygens (including phenoxy) is 6. The lowest BCUT2D eigenvalue weighted by Crippen LogP contribution is -2.34. The Bertz CT molecular complexity index is 732. The molecule has 0 saturated carbocycles. The normalized spacial score (nSPS) is 14.1. The van der Waals surface area contributed by atoms with Crippen LogP contribution in [0.1, 0.15) is 19.8 Å². The molecule has 0 spiro atoms. The van der Waals surface area contributed by atoms with Gasteiger partial charge in [0, 0.05) is 24.5 Å². The van der Waals surface area contributed by atoms with Crippen molar-refractivity contribution in [2.45, 2.75) is 19.8 Å². The summed E-state index contributed by atoms with van der Waals surface area (Å²) in [6.45, 7) is 9.23. The molecular weight excluding hydrogens is 460 g/mol. The SMILES string of the molecule is CC1CCN(c2nc(N)nc(OCCOCCOCCOCCOCCOCCN=[N+]=[N-])n2)CC1. The van der Waals surface area contributed by atoms with Gasteiger partial charge in [-0.1, -0.05) is 12.0 Å². The molecule has 14 heteroatoms. The summed E-state index contributed by atoms with van der Waals surface area (Å²) >= 11 is 0. The van der Waals surface area contributed by atoms with E-state index < -0.39 is 0 Å². The van der Waals surface area contributed by atoms with Crippen LogP contribution in [-0.2, 0) is 23.7 Å². The average molecular weight is 499 g/mol. The van der Waals surface area contributed by atoms with Crippen molar-refractivity contribution in [3.05, 3.63) is 10.4 Å². The maximum absolute atomic E-state index is 8.12. The molecule has 0 aliphatic carbocycles. The predicted molar refractivity (Wildman–Crippen MR) is 128 cm³/mol. The Morgan fingerprint density at radius 1 is 0.829 bits per heavy atom. The first kappa shape index (κ1) is 28.8. The molecule has 2 rings (SSSR count). The number of aromatic nitrogens is 3. The Balaban J connectivity index is 1.38. The van der Waals surface area contributed by atoms with E-state index in [1.807, 2.05) is 0 Å². The lowest BCUT2D eigenvalue weighted by molar-refractivity contribution is -0.0124. The zero-order valence-electron chi connectivity index (χ0n) is 20.5. The van der Waals surface area contributed by atoms with E-state index in [9.17, 15) is 0 Å². The molecule has 198 valence electrons. The summed E-state index contributed by atoms with van der Waals surface area (Å²) < 4.78 is 32.5. The monoisotopic (exact) mass is 498 g/mol. The summed E-state index contributed by atoms with van der Waals surface area (Å²) in [5.41, 5.74) is 13.9. The molecule has 1 aliphatic heterocycles. The fourth-order valence-electron chi connectivity index (χ4n) is 3.10. The van der Waals surface area contributed by atoms with Crippen LogP contribution in [0, 0.1) is 5.92 Å². The Kier molecular flexibility index (Phi) is 15.4. The van der Waals surface area contributed by atoms with Crippen LogP contribution in [0.25, 0.3) is 10.4 Å². The summed E-state index contributed by atoms with van der Waals surface area (Å²) in [5, 5.41) is 3.37. The first-order valence-corrected chi connectivity index (χ1v) is 12.0. The van der Waals surface area contributed by atoms with Crippen LogP contribution < -0.4 is 15.4 Å². The van der Waals surface area contributed by atoms with Crippen molar-refractivity contribution >= 4 is 11.9 Å². The number of nitrogen functional groups attached to an aromatic ring is 1. The van der Waals surface area contributed by atoms with Crippen molar-refractivity contribution in [1.82, 2.24) is 15.0 Å². The Morgan fingerprint density at radius 3 is 1.89 bits per heavy atom. The molecule has 1 aromatic rings. The molecule has 1 aliphatic rings. The average Bonchev–Trinajstić information content (AvgIpc) is 2.85. The number of anilines is 2. The van der Waals surface area contributed by atoms with E-state index in [0.29, 0.717) is 85.2 Å². The van der Waals surface area contributed by atoms with E-state index in [1.165, 1.54) is 0 Å². The lowest BCUT2D eigenvalue weighted by Gasteiger charge is -2.30. The van der Waals surface area contributed by atoms with Crippen LogP contribution in [0.2, 0.25) is 0 Å². The fourth-order valence-corrected chi connectivity index (χ4v) is 3.10. The number of nitrogens with two attached hydrogens (primary N) is 1. The van der Waals surface area contributed by atoms with Crippen molar-refractivity contribution in [3.8, 4) is 6.01 Å². The zero-order chi connectivity index (χ0) is 25.0. The van der Waals surface area contributed by atoms with Gasteiger partial charge < -0.3 is 39.1 Å². The van der Waals surface area contributed by atoms with E-state index in [2.05, 4.69) is 36.8 Å². The van der Waals surface area contributed by atoms with Crippen LogP contribution >= 0.6 is 0 Å². The minimum Gasteiger partial charge on any atom is -0.461 e. The molecule has 0 radical (unpaired) electrons. The van der Waals surface area contributed by atoms with Crippen LogP contribution in [0.4, 0.5) is 11.9 Å². The van der Waals surface area contributed by atoms with Crippen LogP contribution in [0.3, 0.4) is 0 Å². The van der Waals surface area contributed by atoms with Gasteiger partial charge in [0.1, 0.15) is 6.61 Å². The third-order valence-corrected chi connectivity index (χ3v) is 5.03. The smallest absolute Gasteiger partial charge is 0.323 e. The number of hydrogen-bond donors (Lipinski definition) is 1. The summed E-state index contributed by atoms with van der Waals surface area (Å²) in [6, 6.07) is 0.213. The predicted octanol–water partition coefficient (Wildman–Crippen LogP) is 1.46. The van der Waals surface area contributed by atoms with Gasteiger partial charge in [-0.2, -0.15) is 15.0 Å². The second-order valence-corrected chi connectivity index (χ2v) is 7.81. The Hall–Kier alpha value is -2.48. The second-order valence-electron chi connectivity index (χ2n) is 7.81. The highest BCUT2D eigenvalue weighted by Gasteiger charge is 2.19. The first-order chi connectivity index (χ1) is 17.2. The van der Waals surface area contributed by atoms with Crippen molar-refractivity contribution in [2.75, 3.05) is 103 Å². The molecule has 0 unspecified atom stereocenters. The third kappa shape index (κ3) is 13.9. The molecule has 1 aromatic heterocycles. The summed E-state index contributed by atoms with van der Waals surface area (Å²) in [7, 11) is 0. The zero-order valence-corrected chi connectivity index (χ0v) is 20.5. The van der Waals surface area contributed by atoms with E-state index in [1.54, 1.807) is 0 Å². The quantitative estimate of drug-likeness (QED) is 0.119. The molecule has 35 heavy (non-hydrogen) atoms. The van der Waals surface area contributed by atoms with Gasteiger partial charge in [0.25, 0.3) is 0 Å². The fraction of sp³-hybridized carbons (Fsp3) is 0.857. The highest BCUT2D eigenvalue weighted by molar-refractivity contribution is 5.36.